The number of aromatic nitrogens is 2. The van der Waals surface area contributed by atoms with E-state index in [0.29, 0.717) is 19.0 Å². The zero-order chi connectivity index (χ0) is 19.6. The second kappa shape index (κ2) is 10.9. The Hall–Kier alpha value is -2.15. The van der Waals surface area contributed by atoms with Crippen LogP contribution in [0.1, 0.15) is 56.8 Å². The number of aliphatic imine (C=N–C) groups is 1. The SMILES string of the molecule is CCNC(=NCc1ccc(N(CC)CC)nc1)NCc1nc(C(C)C)cs1. The minimum atomic E-state index is 0.462. The van der Waals surface area contributed by atoms with Gasteiger partial charge in [-0.15, -0.1) is 11.3 Å². The van der Waals surface area contributed by atoms with Gasteiger partial charge < -0.3 is 15.5 Å². The Morgan fingerprint density at radius 1 is 1.19 bits per heavy atom. The van der Waals surface area contributed by atoms with Gasteiger partial charge in [-0.3, -0.25) is 0 Å². The van der Waals surface area contributed by atoms with Gasteiger partial charge in [-0.05, 0) is 38.3 Å². The minimum absolute atomic E-state index is 0.462. The Morgan fingerprint density at radius 3 is 2.52 bits per heavy atom. The van der Waals surface area contributed by atoms with E-state index in [9.17, 15) is 0 Å². The van der Waals surface area contributed by atoms with Crippen molar-refractivity contribution in [3.05, 3.63) is 40.0 Å². The van der Waals surface area contributed by atoms with Crippen LogP contribution in [0.5, 0.6) is 0 Å². The molecular formula is C20H32N6S. The molecule has 0 aromatic carbocycles. The van der Waals surface area contributed by atoms with Gasteiger partial charge in [-0.25, -0.2) is 15.0 Å². The monoisotopic (exact) mass is 388 g/mol. The van der Waals surface area contributed by atoms with E-state index in [2.05, 4.69) is 82.6 Å². The van der Waals surface area contributed by atoms with Crippen LogP contribution in [0.25, 0.3) is 0 Å². The fourth-order valence-corrected chi connectivity index (χ4v) is 3.48. The van der Waals surface area contributed by atoms with Crippen molar-refractivity contribution in [2.75, 3.05) is 24.5 Å². The standard InChI is InChI=1S/C20H32N6S/c1-6-21-20(24-13-19-25-17(14-27-19)15(4)5)23-12-16-9-10-18(22-11-16)26(7-2)8-3/h9-11,14-15H,6-8,12-13H2,1-5H3,(H2,21,23,24). The first-order chi connectivity index (χ1) is 13.1. The van der Waals surface area contributed by atoms with Gasteiger partial charge in [0.2, 0.25) is 0 Å². The topological polar surface area (TPSA) is 65.4 Å². The first kappa shape index (κ1) is 21.2. The van der Waals surface area contributed by atoms with Crippen LogP contribution in [0.15, 0.2) is 28.7 Å². The number of hydrogen-bond acceptors (Lipinski definition) is 5. The molecule has 148 valence electrons. The highest BCUT2D eigenvalue weighted by atomic mass is 32.1. The molecule has 6 nitrogen and oxygen atoms in total. The molecule has 0 spiro atoms. The maximum atomic E-state index is 4.67. The van der Waals surface area contributed by atoms with E-state index in [1.54, 1.807) is 11.3 Å². The van der Waals surface area contributed by atoms with Crippen molar-refractivity contribution in [2.24, 2.45) is 4.99 Å². The van der Waals surface area contributed by atoms with E-state index in [0.717, 1.165) is 47.7 Å². The molecule has 0 radical (unpaired) electrons. The Labute approximate surface area is 167 Å². The molecule has 0 amide bonds. The number of pyridine rings is 1. The first-order valence-electron chi connectivity index (χ1n) is 9.73. The van der Waals surface area contributed by atoms with Crippen LogP contribution in [0.4, 0.5) is 5.82 Å². The van der Waals surface area contributed by atoms with Gasteiger partial charge in [0.1, 0.15) is 10.8 Å². The van der Waals surface area contributed by atoms with E-state index in [4.69, 9.17) is 0 Å². The Kier molecular flexibility index (Phi) is 8.51. The van der Waals surface area contributed by atoms with Crippen LogP contribution in [-0.2, 0) is 13.1 Å². The van der Waals surface area contributed by atoms with Crippen molar-refractivity contribution < 1.29 is 0 Å². The van der Waals surface area contributed by atoms with Gasteiger partial charge >= 0.3 is 0 Å². The maximum absolute atomic E-state index is 4.67. The number of rotatable bonds is 9. The Balaban J connectivity index is 1.95. The van der Waals surface area contributed by atoms with Crippen LogP contribution in [0.2, 0.25) is 0 Å². The minimum Gasteiger partial charge on any atom is -0.357 e. The zero-order valence-electron chi connectivity index (χ0n) is 17.1. The Morgan fingerprint density at radius 2 is 1.96 bits per heavy atom. The quantitative estimate of drug-likeness (QED) is 0.506. The van der Waals surface area contributed by atoms with Crippen molar-refractivity contribution in [1.29, 1.82) is 0 Å². The molecule has 0 unspecified atom stereocenters. The van der Waals surface area contributed by atoms with Gasteiger partial charge in [0.15, 0.2) is 5.96 Å². The number of guanidine groups is 1. The molecule has 0 aliphatic carbocycles. The summed E-state index contributed by atoms with van der Waals surface area (Å²) in [6.45, 7) is 14.7. The second-order valence-electron chi connectivity index (χ2n) is 6.57. The zero-order valence-corrected chi connectivity index (χ0v) is 17.9. The summed E-state index contributed by atoms with van der Waals surface area (Å²) in [5.74, 6) is 2.28. The molecule has 2 rings (SSSR count). The van der Waals surface area contributed by atoms with Gasteiger partial charge in [0.05, 0.1) is 18.8 Å². The van der Waals surface area contributed by atoms with Crippen LogP contribution in [-0.4, -0.2) is 35.6 Å². The predicted molar refractivity (Wildman–Crippen MR) is 116 cm³/mol. The highest BCUT2D eigenvalue weighted by molar-refractivity contribution is 7.09. The number of nitrogens with zero attached hydrogens (tertiary/aromatic N) is 4. The van der Waals surface area contributed by atoms with Crippen LogP contribution in [0.3, 0.4) is 0 Å². The van der Waals surface area contributed by atoms with Crippen molar-refractivity contribution in [2.45, 2.75) is 53.6 Å². The number of thiazole rings is 1. The molecule has 0 aliphatic heterocycles. The predicted octanol–water partition coefficient (Wildman–Crippen LogP) is 3.76. The molecule has 2 N–H and O–H groups in total. The molecule has 7 heteroatoms. The molecule has 27 heavy (non-hydrogen) atoms. The van der Waals surface area contributed by atoms with Crippen LogP contribution >= 0.6 is 11.3 Å². The number of nitrogens with one attached hydrogen (secondary N) is 2. The third-order valence-corrected chi connectivity index (χ3v) is 5.10. The summed E-state index contributed by atoms with van der Waals surface area (Å²) in [5, 5.41) is 9.87. The molecule has 2 aromatic rings. The molecule has 0 saturated heterocycles. The van der Waals surface area contributed by atoms with Gasteiger partial charge in [0.25, 0.3) is 0 Å². The fourth-order valence-electron chi connectivity index (χ4n) is 2.59. The van der Waals surface area contributed by atoms with E-state index in [1.807, 2.05) is 6.20 Å². The van der Waals surface area contributed by atoms with Gasteiger partial charge in [0, 0.05) is 31.2 Å². The van der Waals surface area contributed by atoms with Crippen molar-refractivity contribution in [3.63, 3.8) is 0 Å². The van der Waals surface area contributed by atoms with Gasteiger partial charge in [-0.2, -0.15) is 0 Å². The lowest BCUT2D eigenvalue weighted by Gasteiger charge is -2.19. The van der Waals surface area contributed by atoms with Crippen LogP contribution in [0, 0.1) is 0 Å². The normalized spacial score (nSPS) is 11.7. The fraction of sp³-hybridized carbons (Fsp3) is 0.550. The summed E-state index contributed by atoms with van der Waals surface area (Å²) in [4.78, 5) is 16.1. The van der Waals surface area contributed by atoms with Crippen molar-refractivity contribution in [1.82, 2.24) is 20.6 Å². The molecule has 0 fully saturated rings. The van der Waals surface area contributed by atoms with E-state index < -0.39 is 0 Å². The summed E-state index contributed by atoms with van der Waals surface area (Å²) in [6.07, 6.45) is 1.91. The number of anilines is 1. The lowest BCUT2D eigenvalue weighted by atomic mass is 10.2. The third kappa shape index (κ3) is 6.50. The third-order valence-electron chi connectivity index (χ3n) is 4.23. The first-order valence-corrected chi connectivity index (χ1v) is 10.6. The lowest BCUT2D eigenvalue weighted by molar-refractivity contribution is 0.787. The van der Waals surface area contributed by atoms with Crippen LogP contribution < -0.4 is 15.5 Å². The summed E-state index contributed by atoms with van der Waals surface area (Å²) in [7, 11) is 0. The molecule has 2 aromatic heterocycles. The largest absolute Gasteiger partial charge is 0.357 e. The summed E-state index contributed by atoms with van der Waals surface area (Å²) >= 11 is 1.69. The molecule has 0 saturated carbocycles. The average molecular weight is 389 g/mol. The second-order valence-corrected chi connectivity index (χ2v) is 7.51. The van der Waals surface area contributed by atoms with Gasteiger partial charge in [-0.1, -0.05) is 19.9 Å². The van der Waals surface area contributed by atoms with E-state index in [-0.39, 0.29) is 0 Å². The smallest absolute Gasteiger partial charge is 0.191 e. The summed E-state index contributed by atoms with van der Waals surface area (Å²) in [6, 6.07) is 4.17. The molecular weight excluding hydrogens is 356 g/mol. The lowest BCUT2D eigenvalue weighted by Crippen LogP contribution is -2.36. The Bertz CT molecular complexity index is 704. The highest BCUT2D eigenvalue weighted by Gasteiger charge is 2.07. The molecule has 0 bridgehead atoms. The van der Waals surface area contributed by atoms with Crippen molar-refractivity contribution >= 4 is 23.1 Å². The summed E-state index contributed by atoms with van der Waals surface area (Å²) < 4.78 is 0. The van der Waals surface area contributed by atoms with Crippen molar-refractivity contribution in [3.8, 4) is 0 Å². The van der Waals surface area contributed by atoms with E-state index >= 15 is 0 Å². The average Bonchev–Trinajstić information content (AvgIpc) is 3.15. The molecule has 0 atom stereocenters. The highest BCUT2D eigenvalue weighted by Crippen LogP contribution is 2.17. The number of hydrogen-bond donors (Lipinski definition) is 2. The van der Waals surface area contributed by atoms with E-state index in [1.165, 1.54) is 0 Å². The maximum Gasteiger partial charge on any atom is 0.191 e. The molecule has 2 heterocycles. The molecule has 0 aliphatic rings. The summed E-state index contributed by atoms with van der Waals surface area (Å²) in [5.41, 5.74) is 2.25.